The molecule has 0 radical (unpaired) electrons. The minimum absolute atomic E-state index is 0.139. The second-order valence-corrected chi connectivity index (χ2v) is 5.32. The Morgan fingerprint density at radius 3 is 2.79 bits per heavy atom. The Hall–Kier alpha value is -0.0800. The maximum absolute atomic E-state index is 8.69. The molecule has 2 heteroatoms. The fourth-order valence-corrected chi connectivity index (χ4v) is 2.53. The van der Waals surface area contributed by atoms with Crippen molar-refractivity contribution in [2.24, 2.45) is 11.3 Å². The van der Waals surface area contributed by atoms with Crippen molar-refractivity contribution >= 4 is 0 Å². The van der Waals surface area contributed by atoms with Crippen LogP contribution in [-0.4, -0.2) is 24.4 Å². The average Bonchev–Trinajstić information content (AvgIpc) is 2.12. The van der Waals surface area contributed by atoms with Crippen LogP contribution in [0.3, 0.4) is 0 Å². The molecule has 84 valence electrons. The molecular weight excluding hydrogens is 176 g/mol. The maximum Gasteiger partial charge on any atom is 0.0701 e. The van der Waals surface area contributed by atoms with Gasteiger partial charge in [-0.25, -0.2) is 0 Å². The molecular formula is C12H24O2. The van der Waals surface area contributed by atoms with Gasteiger partial charge in [-0.2, -0.15) is 0 Å². The lowest BCUT2D eigenvalue weighted by Gasteiger charge is -2.37. The SMILES string of the molecule is CC(OCCO)C1CCCC(C)(C)C1. The molecule has 1 rings (SSSR count). The molecule has 0 aliphatic heterocycles. The van der Waals surface area contributed by atoms with Crippen molar-refractivity contribution in [3.63, 3.8) is 0 Å². The van der Waals surface area contributed by atoms with E-state index in [2.05, 4.69) is 20.8 Å². The number of aliphatic hydroxyl groups excluding tert-OH is 1. The van der Waals surface area contributed by atoms with Crippen LogP contribution < -0.4 is 0 Å². The van der Waals surface area contributed by atoms with Gasteiger partial charge in [0.05, 0.1) is 19.3 Å². The molecule has 14 heavy (non-hydrogen) atoms. The number of hydrogen-bond acceptors (Lipinski definition) is 2. The van der Waals surface area contributed by atoms with Gasteiger partial charge in [0.25, 0.3) is 0 Å². The first kappa shape index (κ1) is 12.0. The van der Waals surface area contributed by atoms with Crippen LogP contribution in [0, 0.1) is 11.3 Å². The Kier molecular flexibility index (Phi) is 4.39. The van der Waals surface area contributed by atoms with Gasteiger partial charge in [-0.3, -0.25) is 0 Å². The highest BCUT2D eigenvalue weighted by Crippen LogP contribution is 2.40. The summed E-state index contributed by atoms with van der Waals surface area (Å²) in [6, 6.07) is 0. The monoisotopic (exact) mass is 200 g/mol. The molecule has 0 aromatic carbocycles. The molecule has 0 spiro atoms. The van der Waals surface area contributed by atoms with Crippen LogP contribution in [0.1, 0.15) is 46.5 Å². The fourth-order valence-electron chi connectivity index (χ4n) is 2.53. The van der Waals surface area contributed by atoms with Crippen molar-refractivity contribution in [3.05, 3.63) is 0 Å². The topological polar surface area (TPSA) is 29.5 Å². The second kappa shape index (κ2) is 5.13. The summed E-state index contributed by atoms with van der Waals surface area (Å²) in [6.45, 7) is 7.45. The molecule has 1 N–H and O–H groups in total. The molecule has 2 unspecified atom stereocenters. The van der Waals surface area contributed by atoms with Gasteiger partial charge in [0, 0.05) is 0 Å². The summed E-state index contributed by atoms with van der Waals surface area (Å²) in [5, 5.41) is 8.69. The second-order valence-electron chi connectivity index (χ2n) is 5.32. The summed E-state index contributed by atoms with van der Waals surface area (Å²) in [5.74, 6) is 0.685. The van der Waals surface area contributed by atoms with Crippen molar-refractivity contribution in [2.45, 2.75) is 52.6 Å². The number of aliphatic hydroxyl groups is 1. The summed E-state index contributed by atoms with van der Waals surface area (Å²) in [5.41, 5.74) is 0.486. The first-order chi connectivity index (χ1) is 6.55. The molecule has 1 aliphatic carbocycles. The van der Waals surface area contributed by atoms with E-state index in [1.165, 1.54) is 25.7 Å². The molecule has 1 fully saturated rings. The quantitative estimate of drug-likeness (QED) is 0.756. The Bertz CT molecular complexity index is 166. The van der Waals surface area contributed by atoms with Gasteiger partial charge in [-0.1, -0.05) is 20.3 Å². The van der Waals surface area contributed by atoms with Crippen LogP contribution in [0.4, 0.5) is 0 Å². The molecule has 1 aliphatic rings. The van der Waals surface area contributed by atoms with Gasteiger partial charge in [-0.05, 0) is 37.5 Å². The molecule has 0 aromatic rings. The van der Waals surface area contributed by atoms with Crippen LogP contribution in [-0.2, 0) is 4.74 Å². The third-order valence-electron chi connectivity index (χ3n) is 3.38. The normalized spacial score (nSPS) is 28.7. The molecule has 0 aromatic heterocycles. The molecule has 1 saturated carbocycles. The van der Waals surface area contributed by atoms with Crippen LogP contribution in [0.25, 0.3) is 0 Å². The van der Waals surface area contributed by atoms with Crippen LogP contribution in [0.15, 0.2) is 0 Å². The minimum atomic E-state index is 0.139. The van der Waals surface area contributed by atoms with Crippen LogP contribution in [0.5, 0.6) is 0 Å². The van der Waals surface area contributed by atoms with E-state index in [4.69, 9.17) is 9.84 Å². The van der Waals surface area contributed by atoms with E-state index >= 15 is 0 Å². The molecule has 0 saturated heterocycles. The van der Waals surface area contributed by atoms with E-state index in [-0.39, 0.29) is 6.61 Å². The van der Waals surface area contributed by atoms with Gasteiger partial charge in [-0.15, -0.1) is 0 Å². The summed E-state index contributed by atoms with van der Waals surface area (Å²) in [6.07, 6.45) is 5.53. The smallest absolute Gasteiger partial charge is 0.0701 e. The Labute approximate surface area is 87.7 Å². The summed E-state index contributed by atoms with van der Waals surface area (Å²) in [4.78, 5) is 0. The summed E-state index contributed by atoms with van der Waals surface area (Å²) < 4.78 is 5.57. The lowest BCUT2D eigenvalue weighted by molar-refractivity contribution is -0.0195. The lowest BCUT2D eigenvalue weighted by Crippen LogP contribution is -2.31. The van der Waals surface area contributed by atoms with Gasteiger partial charge in [0.1, 0.15) is 0 Å². The number of ether oxygens (including phenoxy) is 1. The van der Waals surface area contributed by atoms with E-state index in [0.717, 1.165) is 0 Å². The van der Waals surface area contributed by atoms with Gasteiger partial charge < -0.3 is 9.84 Å². The molecule has 2 atom stereocenters. The number of rotatable bonds is 4. The van der Waals surface area contributed by atoms with E-state index < -0.39 is 0 Å². The van der Waals surface area contributed by atoms with Crippen LogP contribution >= 0.6 is 0 Å². The highest BCUT2D eigenvalue weighted by atomic mass is 16.5. The highest BCUT2D eigenvalue weighted by molar-refractivity contribution is 4.82. The van der Waals surface area contributed by atoms with E-state index in [1.54, 1.807) is 0 Å². The van der Waals surface area contributed by atoms with Crippen molar-refractivity contribution in [3.8, 4) is 0 Å². The van der Waals surface area contributed by atoms with E-state index in [1.807, 2.05) is 0 Å². The van der Waals surface area contributed by atoms with E-state index in [0.29, 0.717) is 24.0 Å². The van der Waals surface area contributed by atoms with Gasteiger partial charge in [0.2, 0.25) is 0 Å². The first-order valence-corrected chi connectivity index (χ1v) is 5.77. The summed E-state index contributed by atoms with van der Waals surface area (Å²) in [7, 11) is 0. The maximum atomic E-state index is 8.69. The zero-order chi connectivity index (χ0) is 10.6. The van der Waals surface area contributed by atoms with Crippen LogP contribution in [0.2, 0.25) is 0 Å². The first-order valence-electron chi connectivity index (χ1n) is 5.77. The third-order valence-corrected chi connectivity index (χ3v) is 3.38. The minimum Gasteiger partial charge on any atom is -0.394 e. The van der Waals surface area contributed by atoms with E-state index in [9.17, 15) is 0 Å². The largest absolute Gasteiger partial charge is 0.394 e. The predicted molar refractivity (Wildman–Crippen MR) is 58.2 cm³/mol. The lowest BCUT2D eigenvalue weighted by atomic mass is 9.71. The van der Waals surface area contributed by atoms with Crippen molar-refractivity contribution < 1.29 is 9.84 Å². The Balaban J connectivity index is 2.35. The van der Waals surface area contributed by atoms with Crippen molar-refractivity contribution in [1.82, 2.24) is 0 Å². The number of hydrogen-bond donors (Lipinski definition) is 1. The Morgan fingerprint density at radius 1 is 1.50 bits per heavy atom. The third kappa shape index (κ3) is 3.58. The standard InChI is InChI=1S/C12H24O2/c1-10(14-8-7-13)11-5-4-6-12(2,3)9-11/h10-11,13H,4-9H2,1-3H3. The van der Waals surface area contributed by atoms with Crippen molar-refractivity contribution in [1.29, 1.82) is 0 Å². The zero-order valence-corrected chi connectivity index (χ0v) is 9.75. The Morgan fingerprint density at radius 2 is 2.21 bits per heavy atom. The molecule has 0 bridgehead atoms. The average molecular weight is 200 g/mol. The van der Waals surface area contributed by atoms with Crippen molar-refractivity contribution in [2.75, 3.05) is 13.2 Å². The summed E-state index contributed by atoms with van der Waals surface area (Å²) >= 11 is 0. The molecule has 0 amide bonds. The predicted octanol–water partition coefficient (Wildman–Crippen LogP) is 2.60. The van der Waals surface area contributed by atoms with Gasteiger partial charge in [0.15, 0.2) is 0 Å². The zero-order valence-electron chi connectivity index (χ0n) is 9.75. The highest BCUT2D eigenvalue weighted by Gasteiger charge is 2.31. The molecule has 0 heterocycles. The molecule has 2 nitrogen and oxygen atoms in total. The fraction of sp³-hybridized carbons (Fsp3) is 1.00. The van der Waals surface area contributed by atoms with Gasteiger partial charge >= 0.3 is 0 Å².